The fourth-order valence-electron chi connectivity index (χ4n) is 3.32. The molecule has 4 rings (SSSR count). The molecule has 35 heavy (non-hydrogen) atoms. The van der Waals surface area contributed by atoms with Crippen LogP contribution in [-0.4, -0.2) is 35.1 Å². The molecule has 2 aromatic carbocycles. The molecule has 1 unspecified atom stereocenters. The number of carbonyl (C=O) groups excluding carboxylic acids is 1. The van der Waals surface area contributed by atoms with Gasteiger partial charge in [0.2, 0.25) is 0 Å². The van der Waals surface area contributed by atoms with Crippen molar-refractivity contribution in [2.24, 2.45) is 11.5 Å². The minimum Gasteiger partial charge on any atom is -0.402 e. The number of benzene rings is 2. The van der Waals surface area contributed by atoms with E-state index in [-0.39, 0.29) is 10.9 Å². The van der Waals surface area contributed by atoms with Crippen molar-refractivity contribution in [3.05, 3.63) is 75.9 Å². The molecular formula is C24H25Cl2N7OS. The second kappa shape index (κ2) is 11.2. The first-order valence-corrected chi connectivity index (χ1v) is 12.5. The summed E-state index contributed by atoms with van der Waals surface area (Å²) < 4.78 is 0. The molecule has 0 radical (unpaired) electrons. The maximum absolute atomic E-state index is 12.6. The summed E-state index contributed by atoms with van der Waals surface area (Å²) in [6.07, 6.45) is 2.40. The predicted molar refractivity (Wildman–Crippen MR) is 143 cm³/mol. The van der Waals surface area contributed by atoms with Gasteiger partial charge in [-0.1, -0.05) is 29.3 Å². The van der Waals surface area contributed by atoms with Crippen molar-refractivity contribution in [2.45, 2.75) is 29.6 Å². The van der Waals surface area contributed by atoms with Gasteiger partial charge in [-0.05, 0) is 67.6 Å². The summed E-state index contributed by atoms with van der Waals surface area (Å²) in [5.41, 5.74) is 13.4. The molecular weight excluding hydrogens is 505 g/mol. The first kappa shape index (κ1) is 25.1. The number of hydrogen-bond donors (Lipinski definition) is 4. The molecule has 0 saturated carbocycles. The van der Waals surface area contributed by atoms with Crippen LogP contribution in [0.1, 0.15) is 23.7 Å². The van der Waals surface area contributed by atoms with Gasteiger partial charge in [0.05, 0.1) is 21.8 Å². The van der Waals surface area contributed by atoms with Crippen molar-refractivity contribution in [3.63, 3.8) is 0 Å². The Morgan fingerprint density at radius 3 is 2.57 bits per heavy atom. The van der Waals surface area contributed by atoms with Crippen LogP contribution in [0.4, 0.5) is 17.3 Å². The van der Waals surface area contributed by atoms with Crippen molar-refractivity contribution in [3.8, 4) is 0 Å². The van der Waals surface area contributed by atoms with Crippen LogP contribution in [0.15, 0.2) is 70.4 Å². The van der Waals surface area contributed by atoms with Crippen molar-refractivity contribution in [1.29, 1.82) is 0 Å². The molecule has 1 atom stereocenters. The number of nitrogens with one attached hydrogen (secondary N) is 2. The zero-order valence-electron chi connectivity index (χ0n) is 19.0. The molecule has 6 N–H and O–H groups in total. The van der Waals surface area contributed by atoms with E-state index in [4.69, 9.17) is 39.7 Å². The van der Waals surface area contributed by atoms with Gasteiger partial charge in [-0.2, -0.15) is 0 Å². The number of halogens is 2. The van der Waals surface area contributed by atoms with Crippen LogP contribution in [0.3, 0.4) is 0 Å². The van der Waals surface area contributed by atoms with E-state index in [0.717, 1.165) is 30.2 Å². The number of hydrogen-bond acceptors (Lipinski definition) is 8. The molecule has 1 aliphatic rings. The Morgan fingerprint density at radius 1 is 1.17 bits per heavy atom. The third-order valence-corrected chi connectivity index (χ3v) is 6.84. The lowest BCUT2D eigenvalue weighted by atomic mass is 10.2. The molecule has 1 saturated heterocycles. The molecule has 1 fully saturated rings. The summed E-state index contributed by atoms with van der Waals surface area (Å²) in [6.45, 7) is 3.70. The summed E-state index contributed by atoms with van der Waals surface area (Å²) in [7, 11) is 0. The fourth-order valence-corrected chi connectivity index (χ4v) is 4.48. The number of nitrogens with two attached hydrogens (primary N) is 2. The van der Waals surface area contributed by atoms with E-state index in [9.17, 15) is 4.79 Å². The zero-order valence-corrected chi connectivity index (χ0v) is 21.3. The number of allylic oxidation sites excluding steroid dienone is 1. The third-order valence-electron chi connectivity index (χ3n) is 5.15. The number of amides is 1. The number of anilines is 3. The van der Waals surface area contributed by atoms with Gasteiger partial charge in [-0.3, -0.25) is 4.79 Å². The normalized spacial score (nSPS) is 14.3. The van der Waals surface area contributed by atoms with Crippen LogP contribution in [0.25, 0.3) is 0 Å². The molecule has 1 aromatic heterocycles. The fraction of sp³-hybridized carbons (Fsp3) is 0.208. The van der Waals surface area contributed by atoms with E-state index in [0.29, 0.717) is 32.9 Å². The summed E-state index contributed by atoms with van der Waals surface area (Å²) in [5, 5.41) is 7.13. The van der Waals surface area contributed by atoms with Gasteiger partial charge in [0, 0.05) is 35.4 Å². The van der Waals surface area contributed by atoms with Gasteiger partial charge in [-0.15, -0.1) is 0 Å². The molecule has 182 valence electrons. The van der Waals surface area contributed by atoms with Gasteiger partial charge in [0.25, 0.3) is 5.91 Å². The Labute approximate surface area is 218 Å². The Hall–Kier alpha value is -2.98. The Balaban J connectivity index is 1.48. The average molecular weight is 530 g/mol. The van der Waals surface area contributed by atoms with Crippen LogP contribution in [-0.2, 0) is 0 Å². The number of carbonyl (C=O) groups is 1. The zero-order chi connectivity index (χ0) is 24.9. The molecule has 0 bridgehead atoms. The maximum atomic E-state index is 12.6. The second-order valence-electron chi connectivity index (χ2n) is 8.00. The van der Waals surface area contributed by atoms with Gasteiger partial charge in [-0.25, -0.2) is 9.97 Å². The highest BCUT2D eigenvalue weighted by atomic mass is 35.5. The van der Waals surface area contributed by atoms with E-state index in [2.05, 4.69) is 20.5 Å². The SMILES string of the molecule is C/C(N)=C/C(N)Nc1cc(N2CCC2)nc(Sc2ccc(NC(=O)c3cccc(Cl)c3Cl)cc2)n1. The minimum atomic E-state index is -0.465. The van der Waals surface area contributed by atoms with Crippen LogP contribution >= 0.6 is 35.0 Å². The topological polar surface area (TPSA) is 122 Å². The molecule has 0 aliphatic carbocycles. The molecule has 1 aliphatic heterocycles. The number of nitrogens with zero attached hydrogens (tertiary/aromatic N) is 3. The van der Waals surface area contributed by atoms with Crippen molar-refractivity contribution < 1.29 is 4.79 Å². The van der Waals surface area contributed by atoms with E-state index in [1.165, 1.54) is 11.8 Å². The number of aromatic nitrogens is 2. The predicted octanol–water partition coefficient (Wildman–Crippen LogP) is 4.96. The highest BCUT2D eigenvalue weighted by Gasteiger charge is 2.19. The lowest BCUT2D eigenvalue weighted by Crippen LogP contribution is -2.38. The van der Waals surface area contributed by atoms with E-state index >= 15 is 0 Å². The Morgan fingerprint density at radius 2 is 1.91 bits per heavy atom. The second-order valence-corrected chi connectivity index (χ2v) is 9.82. The monoisotopic (exact) mass is 529 g/mol. The Kier molecular flexibility index (Phi) is 8.02. The largest absolute Gasteiger partial charge is 0.402 e. The molecule has 2 heterocycles. The highest BCUT2D eigenvalue weighted by Crippen LogP contribution is 2.31. The van der Waals surface area contributed by atoms with Crippen LogP contribution in [0, 0.1) is 0 Å². The smallest absolute Gasteiger partial charge is 0.257 e. The van der Waals surface area contributed by atoms with E-state index in [1.807, 2.05) is 30.3 Å². The standard InChI is InChI=1S/C24H25Cl2N7OS/c1-14(27)12-19(28)30-20-13-21(33-10-3-11-33)32-24(31-20)35-16-8-6-15(7-9-16)29-23(34)17-4-2-5-18(25)22(17)26/h2,4-9,12-13,19H,3,10-11,27-28H2,1H3,(H,29,34)(H,30,31,32)/b14-12-. The quantitative estimate of drug-likeness (QED) is 0.238. The van der Waals surface area contributed by atoms with Crippen molar-refractivity contribution in [1.82, 2.24) is 9.97 Å². The highest BCUT2D eigenvalue weighted by molar-refractivity contribution is 7.99. The van der Waals surface area contributed by atoms with E-state index < -0.39 is 6.17 Å². The lowest BCUT2D eigenvalue weighted by molar-refractivity contribution is 0.102. The van der Waals surface area contributed by atoms with Crippen molar-refractivity contribution in [2.75, 3.05) is 28.6 Å². The summed E-state index contributed by atoms with van der Waals surface area (Å²) in [6, 6.07) is 14.2. The summed E-state index contributed by atoms with van der Waals surface area (Å²) >= 11 is 13.6. The Bertz CT molecular complexity index is 1250. The van der Waals surface area contributed by atoms with Gasteiger partial charge in [0.1, 0.15) is 11.6 Å². The third kappa shape index (κ3) is 6.58. The minimum absolute atomic E-state index is 0.222. The molecule has 8 nitrogen and oxygen atoms in total. The van der Waals surface area contributed by atoms with E-state index in [1.54, 1.807) is 31.2 Å². The van der Waals surface area contributed by atoms with Gasteiger partial charge in [0.15, 0.2) is 5.16 Å². The first-order valence-electron chi connectivity index (χ1n) is 10.9. The van der Waals surface area contributed by atoms with Crippen LogP contribution in [0.5, 0.6) is 0 Å². The molecule has 0 spiro atoms. The first-order chi connectivity index (χ1) is 16.8. The number of rotatable bonds is 8. The lowest BCUT2D eigenvalue weighted by Gasteiger charge is -2.32. The maximum Gasteiger partial charge on any atom is 0.257 e. The summed E-state index contributed by atoms with van der Waals surface area (Å²) in [5.74, 6) is 1.13. The van der Waals surface area contributed by atoms with Crippen LogP contribution < -0.4 is 27.0 Å². The molecule has 3 aromatic rings. The van der Waals surface area contributed by atoms with Crippen LogP contribution in [0.2, 0.25) is 10.0 Å². The van der Waals surface area contributed by atoms with Crippen molar-refractivity contribution >= 4 is 58.2 Å². The van der Waals surface area contributed by atoms with Gasteiger partial charge < -0.3 is 27.0 Å². The average Bonchev–Trinajstić information content (AvgIpc) is 2.75. The molecule has 11 heteroatoms. The summed E-state index contributed by atoms with van der Waals surface area (Å²) in [4.78, 5) is 25.0. The molecule has 1 amide bonds. The van der Waals surface area contributed by atoms with Gasteiger partial charge >= 0.3 is 0 Å².